The lowest BCUT2D eigenvalue weighted by Crippen LogP contribution is -2.52. The Bertz CT molecular complexity index is 688. The van der Waals surface area contributed by atoms with Crippen molar-refractivity contribution in [3.63, 3.8) is 0 Å². The van der Waals surface area contributed by atoms with E-state index in [1.807, 2.05) is 18.2 Å². The van der Waals surface area contributed by atoms with Gasteiger partial charge >= 0.3 is 7.05 Å². The molecule has 1 N–H and O–H groups in total. The van der Waals surface area contributed by atoms with Gasteiger partial charge in [0.05, 0.1) is 6.21 Å². The second-order valence-corrected chi connectivity index (χ2v) is 4.84. The molecule has 0 atom stereocenters. The number of halogens is 1. The number of hydrogen-bond donors (Lipinski definition) is 1. The normalized spacial score (nSPS) is 13.3. The summed E-state index contributed by atoms with van der Waals surface area (Å²) in [5.74, 6) is -0.375. The maximum absolute atomic E-state index is 12.3. The van der Waals surface area contributed by atoms with Gasteiger partial charge < -0.3 is 5.02 Å². The van der Waals surface area contributed by atoms with Gasteiger partial charge in [-0.05, 0) is 35.3 Å². The van der Waals surface area contributed by atoms with E-state index in [1.165, 1.54) is 0 Å². The molecule has 98 valence electrons. The number of hydrazone groups is 1. The third kappa shape index (κ3) is 2.22. The summed E-state index contributed by atoms with van der Waals surface area (Å²) in [6, 6.07) is 13.7. The van der Waals surface area contributed by atoms with Gasteiger partial charge in [-0.1, -0.05) is 35.9 Å². The lowest BCUT2D eigenvalue weighted by Gasteiger charge is -2.24. The van der Waals surface area contributed by atoms with Crippen molar-refractivity contribution in [3.05, 3.63) is 64.7 Å². The lowest BCUT2D eigenvalue weighted by atomic mass is 9.69. The van der Waals surface area contributed by atoms with Crippen molar-refractivity contribution in [2.75, 3.05) is 0 Å². The van der Waals surface area contributed by atoms with Crippen LogP contribution in [0.5, 0.6) is 0 Å². The molecule has 0 saturated heterocycles. The van der Waals surface area contributed by atoms with E-state index in [1.54, 1.807) is 36.5 Å². The van der Waals surface area contributed by atoms with E-state index in [0.29, 0.717) is 16.0 Å². The standard InChI is InChI=1S/C14H10BClN2O2/c16-12-7-5-10(6-8-12)14(19)18-15(20)13-4-2-1-3-11(13)9-17-18/h1-9,20H. The number of amides is 1. The molecule has 1 aliphatic heterocycles. The SMILES string of the molecule is O=C(c1ccc(Cl)cc1)N1N=Cc2ccccc2B1O. The number of carbonyl (C=O) groups is 1. The molecule has 0 bridgehead atoms. The Hall–Kier alpha value is -2.11. The summed E-state index contributed by atoms with van der Waals surface area (Å²) in [6.45, 7) is 0. The molecule has 2 aromatic rings. The summed E-state index contributed by atoms with van der Waals surface area (Å²) in [6.07, 6.45) is 1.57. The van der Waals surface area contributed by atoms with Crippen molar-refractivity contribution >= 4 is 36.2 Å². The van der Waals surface area contributed by atoms with Gasteiger partial charge in [0.25, 0.3) is 5.91 Å². The third-order valence-corrected chi connectivity index (χ3v) is 3.38. The molecule has 2 aromatic carbocycles. The summed E-state index contributed by atoms with van der Waals surface area (Å²) >= 11 is 5.79. The van der Waals surface area contributed by atoms with Crippen LogP contribution in [0.4, 0.5) is 0 Å². The monoisotopic (exact) mass is 284 g/mol. The first-order valence-corrected chi connectivity index (χ1v) is 6.45. The molecule has 0 aliphatic carbocycles. The molecule has 1 amide bonds. The smallest absolute Gasteiger partial charge is 0.427 e. The molecule has 0 radical (unpaired) electrons. The van der Waals surface area contributed by atoms with Crippen LogP contribution in [0, 0.1) is 0 Å². The number of nitrogens with zero attached hydrogens (tertiary/aromatic N) is 2. The fourth-order valence-corrected chi connectivity index (χ4v) is 2.20. The first kappa shape index (κ1) is 12.9. The summed E-state index contributed by atoms with van der Waals surface area (Å²) in [4.78, 5) is 13.4. The Morgan fingerprint density at radius 2 is 1.85 bits per heavy atom. The predicted octanol–water partition coefficient (Wildman–Crippen LogP) is 1.52. The maximum Gasteiger partial charge on any atom is 0.474 e. The van der Waals surface area contributed by atoms with Crippen molar-refractivity contribution in [3.8, 4) is 0 Å². The quantitative estimate of drug-likeness (QED) is 0.807. The minimum Gasteiger partial charge on any atom is -0.427 e. The fraction of sp³-hybridized carbons (Fsp3) is 0. The van der Waals surface area contributed by atoms with Crippen LogP contribution < -0.4 is 5.46 Å². The van der Waals surface area contributed by atoms with Gasteiger partial charge in [-0.15, -0.1) is 0 Å². The molecule has 0 saturated carbocycles. The van der Waals surface area contributed by atoms with E-state index in [0.717, 1.165) is 10.5 Å². The van der Waals surface area contributed by atoms with Crippen molar-refractivity contribution in [1.29, 1.82) is 0 Å². The Morgan fingerprint density at radius 1 is 1.15 bits per heavy atom. The largest absolute Gasteiger partial charge is 0.474 e. The second-order valence-electron chi connectivity index (χ2n) is 4.40. The summed E-state index contributed by atoms with van der Waals surface area (Å²) in [7, 11) is -1.08. The van der Waals surface area contributed by atoms with E-state index in [-0.39, 0.29) is 5.91 Å². The highest BCUT2D eigenvalue weighted by Crippen LogP contribution is 2.14. The first-order chi connectivity index (χ1) is 9.66. The molecular formula is C14H10BClN2O2. The van der Waals surface area contributed by atoms with E-state index < -0.39 is 7.05 Å². The van der Waals surface area contributed by atoms with Crippen LogP contribution in [0.15, 0.2) is 53.6 Å². The molecule has 20 heavy (non-hydrogen) atoms. The second kappa shape index (κ2) is 5.11. The van der Waals surface area contributed by atoms with Crippen LogP contribution >= 0.6 is 11.6 Å². The van der Waals surface area contributed by atoms with E-state index >= 15 is 0 Å². The van der Waals surface area contributed by atoms with Gasteiger partial charge in [0, 0.05) is 10.6 Å². The minimum absolute atomic E-state index is 0.375. The molecule has 0 fully saturated rings. The predicted molar refractivity (Wildman–Crippen MR) is 79.3 cm³/mol. The first-order valence-electron chi connectivity index (χ1n) is 6.07. The van der Waals surface area contributed by atoms with Gasteiger partial charge in [-0.2, -0.15) is 5.10 Å². The summed E-state index contributed by atoms with van der Waals surface area (Å²) in [5, 5.41) is 14.8. The number of fused-ring (bicyclic) bond motifs is 1. The van der Waals surface area contributed by atoms with Crippen molar-refractivity contribution < 1.29 is 9.82 Å². The van der Waals surface area contributed by atoms with Crippen LogP contribution in [-0.2, 0) is 0 Å². The van der Waals surface area contributed by atoms with Gasteiger partial charge in [0.1, 0.15) is 0 Å². The van der Waals surface area contributed by atoms with E-state index in [9.17, 15) is 9.82 Å². The minimum atomic E-state index is -1.08. The topological polar surface area (TPSA) is 52.9 Å². The molecule has 0 spiro atoms. The zero-order valence-corrected chi connectivity index (χ0v) is 11.2. The Kier molecular flexibility index (Phi) is 3.30. The highest BCUT2D eigenvalue weighted by molar-refractivity contribution is 6.68. The van der Waals surface area contributed by atoms with Crippen LogP contribution in [0.1, 0.15) is 15.9 Å². The van der Waals surface area contributed by atoms with Crippen LogP contribution in [0.3, 0.4) is 0 Å². The van der Waals surface area contributed by atoms with Gasteiger partial charge in [0.15, 0.2) is 0 Å². The number of benzene rings is 2. The highest BCUT2D eigenvalue weighted by Gasteiger charge is 2.33. The maximum atomic E-state index is 12.3. The van der Waals surface area contributed by atoms with Crippen molar-refractivity contribution in [2.45, 2.75) is 0 Å². The number of carbonyl (C=O) groups excluding carboxylic acids is 1. The van der Waals surface area contributed by atoms with Crippen LogP contribution in [-0.4, -0.2) is 29.1 Å². The van der Waals surface area contributed by atoms with E-state index in [2.05, 4.69) is 5.10 Å². The number of rotatable bonds is 1. The Morgan fingerprint density at radius 3 is 2.60 bits per heavy atom. The molecular weight excluding hydrogens is 274 g/mol. The Labute approximate surface area is 121 Å². The van der Waals surface area contributed by atoms with Gasteiger partial charge in [0.2, 0.25) is 0 Å². The molecule has 6 heteroatoms. The molecule has 3 rings (SSSR count). The molecule has 1 heterocycles. The number of hydrogen-bond acceptors (Lipinski definition) is 3. The van der Waals surface area contributed by atoms with Gasteiger partial charge in [-0.3, -0.25) is 4.79 Å². The molecule has 1 aliphatic rings. The average Bonchev–Trinajstić information content (AvgIpc) is 2.48. The zero-order valence-electron chi connectivity index (χ0n) is 10.4. The third-order valence-electron chi connectivity index (χ3n) is 3.13. The molecule has 0 unspecified atom stereocenters. The highest BCUT2D eigenvalue weighted by atomic mass is 35.5. The van der Waals surface area contributed by atoms with Crippen molar-refractivity contribution in [2.24, 2.45) is 5.10 Å². The van der Waals surface area contributed by atoms with Gasteiger partial charge in [-0.25, -0.2) is 4.92 Å². The molecule has 0 aromatic heterocycles. The Balaban J connectivity index is 1.93. The average molecular weight is 285 g/mol. The zero-order chi connectivity index (χ0) is 14.1. The van der Waals surface area contributed by atoms with Crippen LogP contribution in [0.2, 0.25) is 5.02 Å². The molecule has 4 nitrogen and oxygen atoms in total. The summed E-state index contributed by atoms with van der Waals surface area (Å²) < 4.78 is 0. The van der Waals surface area contributed by atoms with Crippen LogP contribution in [0.25, 0.3) is 0 Å². The van der Waals surface area contributed by atoms with Crippen molar-refractivity contribution in [1.82, 2.24) is 4.92 Å². The lowest BCUT2D eigenvalue weighted by molar-refractivity contribution is 0.0846. The fourth-order valence-electron chi connectivity index (χ4n) is 2.07. The summed E-state index contributed by atoms with van der Waals surface area (Å²) in [5.41, 5.74) is 1.88. The van der Waals surface area contributed by atoms with E-state index in [4.69, 9.17) is 11.6 Å².